The number of hydrogen-bond donors (Lipinski definition) is 1. The molecule has 0 aliphatic heterocycles. The number of halogens is 1. The quantitative estimate of drug-likeness (QED) is 0.757. The predicted octanol–water partition coefficient (Wildman–Crippen LogP) is 4.56. The van der Waals surface area contributed by atoms with Crippen molar-refractivity contribution in [2.45, 2.75) is 52.6 Å². The van der Waals surface area contributed by atoms with Crippen LogP contribution in [-0.4, -0.2) is 30.1 Å². The van der Waals surface area contributed by atoms with Crippen molar-refractivity contribution >= 4 is 22.9 Å². The summed E-state index contributed by atoms with van der Waals surface area (Å²) in [5.74, 6) is 0. The molecular formula is C15H27ClN2S. The van der Waals surface area contributed by atoms with Crippen molar-refractivity contribution in [2.24, 2.45) is 0 Å². The van der Waals surface area contributed by atoms with Crippen LogP contribution in [0.3, 0.4) is 0 Å². The molecule has 1 aromatic rings. The summed E-state index contributed by atoms with van der Waals surface area (Å²) in [6.45, 7) is 14.4. The first kappa shape index (κ1) is 17.0. The lowest BCUT2D eigenvalue weighted by molar-refractivity contribution is 0.0925. The Labute approximate surface area is 127 Å². The first-order valence-corrected chi connectivity index (χ1v) is 8.46. The van der Waals surface area contributed by atoms with Gasteiger partial charge < -0.3 is 5.32 Å². The second-order valence-corrected chi connectivity index (χ2v) is 6.70. The molecule has 110 valence electrons. The maximum Gasteiger partial charge on any atom is 0.0611 e. The molecule has 1 aromatic heterocycles. The minimum absolute atomic E-state index is 0.0488. The van der Waals surface area contributed by atoms with Crippen molar-refractivity contribution in [1.82, 2.24) is 10.2 Å². The maximum absolute atomic E-state index is 6.36. The van der Waals surface area contributed by atoms with Gasteiger partial charge in [0.2, 0.25) is 0 Å². The van der Waals surface area contributed by atoms with Crippen LogP contribution < -0.4 is 5.32 Å². The van der Waals surface area contributed by atoms with Crippen molar-refractivity contribution in [3.63, 3.8) is 0 Å². The van der Waals surface area contributed by atoms with Crippen molar-refractivity contribution in [3.8, 4) is 0 Å². The molecule has 0 radical (unpaired) electrons. The summed E-state index contributed by atoms with van der Waals surface area (Å²) in [6.07, 6.45) is 1.13. The van der Waals surface area contributed by atoms with E-state index in [1.165, 1.54) is 4.88 Å². The molecule has 4 heteroatoms. The van der Waals surface area contributed by atoms with E-state index in [-0.39, 0.29) is 11.6 Å². The lowest BCUT2D eigenvalue weighted by Crippen LogP contribution is -2.52. The summed E-state index contributed by atoms with van der Waals surface area (Å²) in [4.78, 5) is 3.75. The van der Waals surface area contributed by atoms with Gasteiger partial charge >= 0.3 is 0 Å². The molecule has 0 aliphatic carbocycles. The number of nitrogens with one attached hydrogen (secondary N) is 1. The molecule has 0 aromatic carbocycles. The Balaban J connectivity index is 3.05. The van der Waals surface area contributed by atoms with Crippen molar-refractivity contribution in [3.05, 3.63) is 21.3 Å². The second-order valence-electron chi connectivity index (χ2n) is 5.35. The molecule has 0 saturated heterocycles. The minimum atomic E-state index is 0.0488. The lowest BCUT2D eigenvalue weighted by atomic mass is 9.90. The van der Waals surface area contributed by atoms with E-state index in [4.69, 9.17) is 11.6 Å². The van der Waals surface area contributed by atoms with Gasteiger partial charge in [0.25, 0.3) is 0 Å². The fourth-order valence-electron chi connectivity index (χ4n) is 2.68. The summed E-state index contributed by atoms with van der Waals surface area (Å²) >= 11 is 8.11. The standard InChI is InChI=1S/C15H27ClN2S/c1-6-10-17-14(13-12(16)9-11-19-13)15(4,5)18(7-2)8-3/h9,11,14,17H,6-8,10H2,1-5H3. The fourth-order valence-corrected chi connectivity index (χ4v) is 4.10. The average Bonchev–Trinajstić information content (AvgIpc) is 2.77. The van der Waals surface area contributed by atoms with E-state index in [0.717, 1.165) is 31.1 Å². The molecule has 0 amide bonds. The van der Waals surface area contributed by atoms with Crippen LogP contribution in [0.1, 0.15) is 52.0 Å². The summed E-state index contributed by atoms with van der Waals surface area (Å²) in [5.41, 5.74) is 0.0488. The fraction of sp³-hybridized carbons (Fsp3) is 0.733. The zero-order valence-electron chi connectivity index (χ0n) is 12.8. The van der Waals surface area contributed by atoms with Gasteiger partial charge in [-0.25, -0.2) is 0 Å². The van der Waals surface area contributed by atoms with E-state index in [0.29, 0.717) is 0 Å². The van der Waals surface area contributed by atoms with Crippen LogP contribution in [0, 0.1) is 0 Å². The van der Waals surface area contributed by atoms with Gasteiger partial charge in [0, 0.05) is 10.4 Å². The SMILES string of the molecule is CCCNC(c1sccc1Cl)C(C)(C)N(CC)CC. The van der Waals surface area contributed by atoms with Gasteiger partial charge in [-0.2, -0.15) is 0 Å². The van der Waals surface area contributed by atoms with E-state index < -0.39 is 0 Å². The molecular weight excluding hydrogens is 276 g/mol. The normalized spacial score (nSPS) is 14.1. The lowest BCUT2D eigenvalue weighted by Gasteiger charge is -2.43. The highest BCUT2D eigenvalue weighted by molar-refractivity contribution is 7.10. The molecule has 0 spiro atoms. The highest BCUT2D eigenvalue weighted by atomic mass is 35.5. The molecule has 0 saturated carbocycles. The van der Waals surface area contributed by atoms with E-state index in [1.54, 1.807) is 11.3 Å². The highest BCUT2D eigenvalue weighted by Gasteiger charge is 2.36. The summed E-state index contributed by atoms with van der Waals surface area (Å²) in [6, 6.07) is 2.28. The van der Waals surface area contributed by atoms with Gasteiger partial charge in [0.15, 0.2) is 0 Å². The van der Waals surface area contributed by atoms with E-state index in [1.807, 2.05) is 6.07 Å². The van der Waals surface area contributed by atoms with Crippen LogP contribution in [0.4, 0.5) is 0 Å². The second kappa shape index (κ2) is 7.63. The zero-order chi connectivity index (χ0) is 14.5. The first-order valence-electron chi connectivity index (χ1n) is 7.20. The summed E-state index contributed by atoms with van der Waals surface area (Å²) in [5, 5.41) is 6.65. The number of likely N-dealkylation sites (N-methyl/N-ethyl adjacent to an activating group) is 1. The van der Waals surface area contributed by atoms with Crippen molar-refractivity contribution < 1.29 is 0 Å². The smallest absolute Gasteiger partial charge is 0.0611 e. The predicted molar refractivity (Wildman–Crippen MR) is 87.4 cm³/mol. The molecule has 19 heavy (non-hydrogen) atoms. The number of hydrogen-bond acceptors (Lipinski definition) is 3. The zero-order valence-corrected chi connectivity index (χ0v) is 14.4. The monoisotopic (exact) mass is 302 g/mol. The molecule has 0 fully saturated rings. The molecule has 0 bridgehead atoms. The van der Waals surface area contributed by atoms with Crippen LogP contribution >= 0.6 is 22.9 Å². The van der Waals surface area contributed by atoms with Gasteiger partial charge in [0.1, 0.15) is 0 Å². The average molecular weight is 303 g/mol. The Morgan fingerprint density at radius 2 is 1.95 bits per heavy atom. The van der Waals surface area contributed by atoms with Crippen LogP contribution in [0.25, 0.3) is 0 Å². The third-order valence-electron chi connectivity index (χ3n) is 3.79. The molecule has 1 unspecified atom stereocenters. The van der Waals surface area contributed by atoms with Crippen LogP contribution in [-0.2, 0) is 0 Å². The Morgan fingerprint density at radius 3 is 2.37 bits per heavy atom. The van der Waals surface area contributed by atoms with Crippen LogP contribution in [0.2, 0.25) is 5.02 Å². The molecule has 1 rings (SSSR count). The Hall–Kier alpha value is -0.0900. The van der Waals surface area contributed by atoms with E-state index in [2.05, 4.69) is 50.2 Å². The Morgan fingerprint density at radius 1 is 1.32 bits per heavy atom. The maximum atomic E-state index is 6.36. The van der Waals surface area contributed by atoms with Crippen LogP contribution in [0.15, 0.2) is 11.4 Å². The van der Waals surface area contributed by atoms with E-state index >= 15 is 0 Å². The third kappa shape index (κ3) is 3.94. The van der Waals surface area contributed by atoms with Gasteiger partial charge in [-0.15, -0.1) is 11.3 Å². The first-order chi connectivity index (χ1) is 8.98. The summed E-state index contributed by atoms with van der Waals surface area (Å²) < 4.78 is 0. The molecule has 1 atom stereocenters. The topological polar surface area (TPSA) is 15.3 Å². The molecule has 1 heterocycles. The summed E-state index contributed by atoms with van der Waals surface area (Å²) in [7, 11) is 0. The Kier molecular flexibility index (Phi) is 6.81. The third-order valence-corrected chi connectivity index (χ3v) is 5.21. The molecule has 0 aliphatic rings. The number of nitrogens with zero attached hydrogens (tertiary/aromatic N) is 1. The van der Waals surface area contributed by atoms with Gasteiger partial charge in [-0.1, -0.05) is 32.4 Å². The minimum Gasteiger partial charge on any atom is -0.308 e. The van der Waals surface area contributed by atoms with Crippen LogP contribution in [0.5, 0.6) is 0 Å². The van der Waals surface area contributed by atoms with Crippen molar-refractivity contribution in [1.29, 1.82) is 0 Å². The Bertz CT molecular complexity index is 372. The molecule has 1 N–H and O–H groups in total. The van der Waals surface area contributed by atoms with E-state index in [9.17, 15) is 0 Å². The number of rotatable bonds is 8. The number of thiophene rings is 1. The highest BCUT2D eigenvalue weighted by Crippen LogP contribution is 2.37. The van der Waals surface area contributed by atoms with Gasteiger partial charge in [0.05, 0.1) is 11.1 Å². The largest absolute Gasteiger partial charge is 0.308 e. The molecule has 2 nitrogen and oxygen atoms in total. The van der Waals surface area contributed by atoms with Crippen molar-refractivity contribution in [2.75, 3.05) is 19.6 Å². The van der Waals surface area contributed by atoms with Gasteiger partial charge in [-0.3, -0.25) is 4.90 Å². The van der Waals surface area contributed by atoms with Gasteiger partial charge in [-0.05, 0) is 51.3 Å².